The molecule has 2 saturated heterocycles. The number of anilines is 1. The average Bonchev–Trinajstić information content (AvgIpc) is 3.66. The zero-order chi connectivity index (χ0) is 31.2. The lowest BCUT2D eigenvalue weighted by Crippen LogP contribution is -2.58. The van der Waals surface area contributed by atoms with E-state index < -0.39 is 29.6 Å². The highest BCUT2D eigenvalue weighted by atomic mass is 35.5. The highest BCUT2D eigenvalue weighted by molar-refractivity contribution is 6.30. The van der Waals surface area contributed by atoms with E-state index in [4.69, 9.17) is 25.8 Å². The number of ether oxygens (including phenoxy) is 3. The highest BCUT2D eigenvalue weighted by Crippen LogP contribution is 2.55. The lowest BCUT2D eigenvalue weighted by Gasteiger charge is -2.38. The molecule has 0 unspecified atom stereocenters. The summed E-state index contributed by atoms with van der Waals surface area (Å²) >= 11 is 6.03. The van der Waals surface area contributed by atoms with Crippen LogP contribution in [0.1, 0.15) is 38.7 Å². The van der Waals surface area contributed by atoms with Crippen LogP contribution >= 0.6 is 11.6 Å². The predicted molar refractivity (Wildman–Crippen MR) is 167 cm³/mol. The molecule has 3 fully saturated rings. The molecule has 0 radical (unpaired) electrons. The van der Waals surface area contributed by atoms with E-state index in [1.165, 1.54) is 0 Å². The molecule has 4 aliphatic rings. The Labute approximate surface area is 263 Å². The number of carbonyl (C=O) groups is 3. The SMILES string of the molecule is COc1ccc(CCN2C(=O)[C@H]3[C@H](C(=O)Nc4ccc(Cl)cc4)[C@H]4C=C[C@@]3(O4)[C@@H]2C(=O)N[C@@H]2CCC[C@@H](C)[C@@H]2C)cc1OC. The smallest absolute Gasteiger partial charge is 0.246 e. The number of carbonyl (C=O) groups excluding carboxylic acids is 3. The molecular formula is C34H40ClN3O6. The summed E-state index contributed by atoms with van der Waals surface area (Å²) in [6, 6.07) is 11.6. The van der Waals surface area contributed by atoms with Crippen molar-refractivity contribution in [2.45, 2.75) is 63.3 Å². The molecule has 2 aromatic carbocycles. The Hall–Kier alpha value is -3.56. The minimum absolute atomic E-state index is 0.0103. The van der Waals surface area contributed by atoms with Crippen LogP contribution in [-0.2, 0) is 25.5 Å². The van der Waals surface area contributed by atoms with Gasteiger partial charge in [-0.3, -0.25) is 14.4 Å². The van der Waals surface area contributed by atoms with E-state index in [1.54, 1.807) is 43.4 Å². The first-order chi connectivity index (χ1) is 21.2. The van der Waals surface area contributed by atoms with Crippen molar-refractivity contribution in [2.24, 2.45) is 23.7 Å². The standard InChI is InChI=1S/C34H40ClN3O6/c1-19-6-5-7-24(20(19)2)37-32(40)30-34-16-14-26(44-34)28(31(39)36-23-11-9-22(35)10-12-23)29(34)33(41)38(30)17-15-21-8-13-25(42-3)27(18-21)43-4/h8-14,16,18-20,24,26,28-30H,5-7,15,17H2,1-4H3,(H,36,39)(H,37,40)/t19-,20+,24-,26-,28-,29-,30+,34+/m1/s1. The minimum atomic E-state index is -1.23. The van der Waals surface area contributed by atoms with Crippen molar-refractivity contribution in [1.29, 1.82) is 0 Å². The fourth-order valence-electron chi connectivity index (χ4n) is 7.60. The van der Waals surface area contributed by atoms with Crippen LogP contribution < -0.4 is 20.1 Å². The molecule has 9 nitrogen and oxygen atoms in total. The predicted octanol–water partition coefficient (Wildman–Crippen LogP) is 4.63. The number of hydrogen-bond donors (Lipinski definition) is 2. The van der Waals surface area contributed by atoms with Gasteiger partial charge in [0.05, 0.1) is 32.2 Å². The molecule has 1 spiro atoms. The van der Waals surface area contributed by atoms with Crippen molar-refractivity contribution in [3.05, 3.63) is 65.2 Å². The molecule has 2 bridgehead atoms. The Balaban J connectivity index is 1.30. The molecule has 3 amide bonds. The van der Waals surface area contributed by atoms with E-state index in [-0.39, 0.29) is 30.3 Å². The number of nitrogens with one attached hydrogen (secondary N) is 2. The van der Waals surface area contributed by atoms with Gasteiger partial charge in [-0.05, 0) is 66.6 Å². The molecule has 1 saturated carbocycles. The molecule has 0 aromatic heterocycles. The monoisotopic (exact) mass is 621 g/mol. The molecule has 10 heteroatoms. The zero-order valence-corrected chi connectivity index (χ0v) is 26.3. The number of fused-ring (bicyclic) bond motifs is 1. The van der Waals surface area contributed by atoms with Gasteiger partial charge in [-0.2, -0.15) is 0 Å². The first kappa shape index (κ1) is 30.5. The number of rotatable bonds is 9. The maximum absolute atomic E-state index is 14.3. The lowest BCUT2D eigenvalue weighted by molar-refractivity contribution is -0.141. The summed E-state index contributed by atoms with van der Waals surface area (Å²) in [4.78, 5) is 44.0. The van der Waals surface area contributed by atoms with E-state index in [1.807, 2.05) is 30.4 Å². The Kier molecular flexibility index (Phi) is 8.37. The normalized spacial score (nSPS) is 32.0. The number of benzene rings is 2. The number of halogens is 1. The van der Waals surface area contributed by atoms with Crippen molar-refractivity contribution in [3.63, 3.8) is 0 Å². The molecule has 1 aliphatic carbocycles. The molecule has 6 rings (SSSR count). The first-order valence-electron chi connectivity index (χ1n) is 15.4. The Morgan fingerprint density at radius 2 is 1.80 bits per heavy atom. The van der Waals surface area contributed by atoms with Crippen molar-refractivity contribution in [1.82, 2.24) is 10.2 Å². The second kappa shape index (κ2) is 12.1. The molecule has 234 valence electrons. The molecular weight excluding hydrogens is 582 g/mol. The van der Waals surface area contributed by atoms with Crippen LogP contribution in [0.4, 0.5) is 5.69 Å². The quantitative estimate of drug-likeness (QED) is 0.396. The second-order valence-electron chi connectivity index (χ2n) is 12.6. The average molecular weight is 622 g/mol. The minimum Gasteiger partial charge on any atom is -0.493 e. The van der Waals surface area contributed by atoms with E-state index in [0.717, 1.165) is 24.8 Å². The molecule has 44 heavy (non-hydrogen) atoms. The second-order valence-corrected chi connectivity index (χ2v) is 13.0. The van der Waals surface area contributed by atoms with Crippen LogP contribution in [0.3, 0.4) is 0 Å². The maximum Gasteiger partial charge on any atom is 0.246 e. The van der Waals surface area contributed by atoms with Gasteiger partial charge in [0.15, 0.2) is 11.5 Å². The van der Waals surface area contributed by atoms with Crippen LogP contribution in [0.5, 0.6) is 11.5 Å². The number of likely N-dealkylation sites (tertiary alicyclic amines) is 1. The fraction of sp³-hybridized carbons (Fsp3) is 0.500. The van der Waals surface area contributed by atoms with Gasteiger partial charge in [0, 0.05) is 23.3 Å². The van der Waals surface area contributed by atoms with Gasteiger partial charge in [0.2, 0.25) is 17.7 Å². The molecule has 3 heterocycles. The van der Waals surface area contributed by atoms with Crippen molar-refractivity contribution < 1.29 is 28.6 Å². The van der Waals surface area contributed by atoms with Gasteiger partial charge in [0.1, 0.15) is 11.6 Å². The first-order valence-corrected chi connectivity index (χ1v) is 15.8. The van der Waals surface area contributed by atoms with Crippen LogP contribution in [-0.4, -0.2) is 67.2 Å². The van der Waals surface area contributed by atoms with Gasteiger partial charge in [-0.1, -0.05) is 56.5 Å². The van der Waals surface area contributed by atoms with Gasteiger partial charge in [0.25, 0.3) is 0 Å². The number of nitrogens with zero attached hydrogens (tertiary/aromatic N) is 1. The summed E-state index contributed by atoms with van der Waals surface area (Å²) in [5, 5.41) is 6.80. The molecule has 3 aliphatic heterocycles. The van der Waals surface area contributed by atoms with Gasteiger partial charge >= 0.3 is 0 Å². The Morgan fingerprint density at radius 1 is 1.05 bits per heavy atom. The maximum atomic E-state index is 14.3. The lowest BCUT2D eigenvalue weighted by atomic mass is 9.73. The zero-order valence-electron chi connectivity index (χ0n) is 25.5. The van der Waals surface area contributed by atoms with Crippen LogP contribution in [0, 0.1) is 23.7 Å². The summed E-state index contributed by atoms with van der Waals surface area (Å²) in [6.45, 7) is 4.67. The third-order valence-electron chi connectivity index (χ3n) is 10.2. The van der Waals surface area contributed by atoms with Gasteiger partial charge in [-0.25, -0.2) is 0 Å². The van der Waals surface area contributed by atoms with Gasteiger partial charge in [-0.15, -0.1) is 0 Å². The Bertz CT molecular complexity index is 1460. The third kappa shape index (κ3) is 5.24. The van der Waals surface area contributed by atoms with Crippen molar-refractivity contribution >= 4 is 35.0 Å². The highest BCUT2D eigenvalue weighted by Gasteiger charge is 2.72. The van der Waals surface area contributed by atoms with Gasteiger partial charge < -0.3 is 29.7 Å². The van der Waals surface area contributed by atoms with E-state index >= 15 is 0 Å². The summed E-state index contributed by atoms with van der Waals surface area (Å²) in [5.41, 5.74) is 0.275. The van der Waals surface area contributed by atoms with Crippen LogP contribution in [0.15, 0.2) is 54.6 Å². The van der Waals surface area contributed by atoms with E-state index in [0.29, 0.717) is 40.5 Å². The van der Waals surface area contributed by atoms with E-state index in [9.17, 15) is 14.4 Å². The third-order valence-corrected chi connectivity index (χ3v) is 10.4. The number of hydrogen-bond acceptors (Lipinski definition) is 6. The summed E-state index contributed by atoms with van der Waals surface area (Å²) in [5.74, 6) is -0.406. The Morgan fingerprint density at radius 3 is 2.52 bits per heavy atom. The van der Waals surface area contributed by atoms with E-state index in [2.05, 4.69) is 24.5 Å². The summed E-state index contributed by atoms with van der Waals surface area (Å²) in [7, 11) is 3.16. The van der Waals surface area contributed by atoms with Crippen LogP contribution in [0.25, 0.3) is 0 Å². The van der Waals surface area contributed by atoms with Crippen LogP contribution in [0.2, 0.25) is 5.02 Å². The molecule has 2 aromatic rings. The topological polar surface area (TPSA) is 106 Å². The number of amides is 3. The summed E-state index contributed by atoms with van der Waals surface area (Å²) in [6.07, 6.45) is 6.63. The summed E-state index contributed by atoms with van der Waals surface area (Å²) < 4.78 is 17.4. The largest absolute Gasteiger partial charge is 0.493 e. The number of methoxy groups -OCH3 is 2. The molecule has 8 atom stereocenters. The fourth-order valence-corrected chi connectivity index (χ4v) is 7.73. The van der Waals surface area contributed by atoms with Crippen molar-refractivity contribution in [2.75, 3.05) is 26.1 Å². The molecule has 2 N–H and O–H groups in total. The van der Waals surface area contributed by atoms with Crippen molar-refractivity contribution in [3.8, 4) is 11.5 Å².